The maximum absolute atomic E-state index is 12.9. The Morgan fingerprint density at radius 3 is 2.60 bits per heavy atom. The van der Waals surface area contributed by atoms with Crippen molar-refractivity contribution < 1.29 is 9.13 Å². The van der Waals surface area contributed by atoms with Gasteiger partial charge in [-0.3, -0.25) is 4.98 Å². The van der Waals surface area contributed by atoms with Crippen LogP contribution in [0.3, 0.4) is 0 Å². The van der Waals surface area contributed by atoms with E-state index in [2.05, 4.69) is 4.98 Å². The third-order valence-electron chi connectivity index (χ3n) is 1.91. The molecule has 0 aliphatic rings. The minimum atomic E-state index is -0.267. The van der Waals surface area contributed by atoms with Gasteiger partial charge in [0.05, 0.1) is 13.3 Å². The van der Waals surface area contributed by atoms with E-state index in [1.54, 1.807) is 25.6 Å². The number of nitrogens with zero attached hydrogens (tertiary/aromatic N) is 1. The highest BCUT2D eigenvalue weighted by Crippen LogP contribution is 2.24. The van der Waals surface area contributed by atoms with E-state index >= 15 is 0 Å². The fraction of sp³-hybridized carbons (Fsp3) is 0.250. The second kappa shape index (κ2) is 5.29. The van der Waals surface area contributed by atoms with Gasteiger partial charge in [-0.1, -0.05) is 13.8 Å². The summed E-state index contributed by atoms with van der Waals surface area (Å²) >= 11 is 0. The molecule has 3 heteroatoms. The SMILES string of the molecule is CC.COc1cncc2ccc(F)cc12. The summed E-state index contributed by atoms with van der Waals surface area (Å²) in [5, 5.41) is 1.62. The number of hydrogen-bond acceptors (Lipinski definition) is 2. The Balaban J connectivity index is 0.000000531. The average molecular weight is 207 g/mol. The average Bonchev–Trinajstić information content (AvgIpc) is 2.31. The molecule has 1 aromatic heterocycles. The number of benzene rings is 1. The third-order valence-corrected chi connectivity index (χ3v) is 1.91. The van der Waals surface area contributed by atoms with Gasteiger partial charge < -0.3 is 4.74 Å². The monoisotopic (exact) mass is 207 g/mol. The van der Waals surface area contributed by atoms with Crippen LogP contribution in [-0.4, -0.2) is 12.1 Å². The second-order valence-corrected chi connectivity index (χ2v) is 2.71. The molecule has 15 heavy (non-hydrogen) atoms. The molecule has 2 nitrogen and oxygen atoms in total. The van der Waals surface area contributed by atoms with Crippen LogP contribution >= 0.6 is 0 Å². The smallest absolute Gasteiger partial charge is 0.145 e. The van der Waals surface area contributed by atoms with E-state index in [9.17, 15) is 4.39 Å². The van der Waals surface area contributed by atoms with Gasteiger partial charge in [-0.05, 0) is 18.2 Å². The van der Waals surface area contributed by atoms with Crippen molar-refractivity contribution in [2.75, 3.05) is 7.11 Å². The van der Waals surface area contributed by atoms with Crippen LogP contribution in [0.4, 0.5) is 4.39 Å². The Kier molecular flexibility index (Phi) is 4.03. The molecule has 0 unspecified atom stereocenters. The van der Waals surface area contributed by atoms with E-state index in [1.165, 1.54) is 12.1 Å². The lowest BCUT2D eigenvalue weighted by molar-refractivity contribution is 0.418. The highest BCUT2D eigenvalue weighted by Gasteiger charge is 2.01. The van der Waals surface area contributed by atoms with E-state index in [1.807, 2.05) is 13.8 Å². The molecular weight excluding hydrogens is 193 g/mol. The van der Waals surface area contributed by atoms with Crippen molar-refractivity contribution in [2.24, 2.45) is 0 Å². The predicted molar refractivity (Wildman–Crippen MR) is 59.6 cm³/mol. The van der Waals surface area contributed by atoms with E-state index in [0.717, 1.165) is 10.8 Å². The Labute approximate surface area is 88.7 Å². The zero-order valence-electron chi connectivity index (χ0n) is 9.12. The van der Waals surface area contributed by atoms with Crippen LogP contribution in [-0.2, 0) is 0 Å². The minimum Gasteiger partial charge on any atom is -0.494 e. The Hall–Kier alpha value is -1.64. The summed E-state index contributed by atoms with van der Waals surface area (Å²) in [6, 6.07) is 4.53. The van der Waals surface area contributed by atoms with Crippen molar-refractivity contribution in [2.45, 2.75) is 13.8 Å². The van der Waals surface area contributed by atoms with Crippen molar-refractivity contribution in [1.82, 2.24) is 4.98 Å². The largest absolute Gasteiger partial charge is 0.494 e. The van der Waals surface area contributed by atoms with Crippen LogP contribution in [0, 0.1) is 5.82 Å². The van der Waals surface area contributed by atoms with Crippen LogP contribution in [0.15, 0.2) is 30.6 Å². The molecule has 0 fully saturated rings. The molecule has 0 aliphatic carbocycles. The van der Waals surface area contributed by atoms with Gasteiger partial charge in [0.15, 0.2) is 0 Å². The zero-order valence-corrected chi connectivity index (χ0v) is 9.12. The number of hydrogen-bond donors (Lipinski definition) is 0. The number of ether oxygens (including phenoxy) is 1. The molecule has 0 saturated carbocycles. The lowest BCUT2D eigenvalue weighted by Crippen LogP contribution is -1.87. The van der Waals surface area contributed by atoms with Crippen LogP contribution in [0.2, 0.25) is 0 Å². The number of halogens is 1. The summed E-state index contributed by atoms with van der Waals surface area (Å²) < 4.78 is 17.9. The quantitative estimate of drug-likeness (QED) is 0.714. The molecule has 80 valence electrons. The van der Waals surface area contributed by atoms with Crippen LogP contribution < -0.4 is 4.74 Å². The molecular formula is C12H14FNO. The summed E-state index contributed by atoms with van der Waals surface area (Å²) in [5.41, 5.74) is 0. The summed E-state index contributed by atoms with van der Waals surface area (Å²) in [5.74, 6) is 0.328. The van der Waals surface area contributed by atoms with Gasteiger partial charge in [0, 0.05) is 17.0 Å². The van der Waals surface area contributed by atoms with E-state index in [0.29, 0.717) is 5.75 Å². The van der Waals surface area contributed by atoms with Crippen molar-refractivity contribution in [1.29, 1.82) is 0 Å². The molecule has 1 heterocycles. The molecule has 0 N–H and O–H groups in total. The molecule has 1 aromatic carbocycles. The predicted octanol–water partition coefficient (Wildman–Crippen LogP) is 3.41. The van der Waals surface area contributed by atoms with Gasteiger partial charge in [-0.25, -0.2) is 4.39 Å². The first kappa shape index (κ1) is 11.4. The van der Waals surface area contributed by atoms with Crippen LogP contribution in [0.5, 0.6) is 5.75 Å². The molecule has 0 atom stereocenters. The number of methoxy groups -OCH3 is 1. The van der Waals surface area contributed by atoms with Gasteiger partial charge in [-0.2, -0.15) is 0 Å². The van der Waals surface area contributed by atoms with Crippen molar-refractivity contribution in [3.8, 4) is 5.75 Å². The van der Waals surface area contributed by atoms with Crippen LogP contribution in [0.1, 0.15) is 13.8 Å². The summed E-state index contributed by atoms with van der Waals surface area (Å²) in [7, 11) is 1.54. The maximum atomic E-state index is 12.9. The van der Waals surface area contributed by atoms with Gasteiger partial charge >= 0.3 is 0 Å². The first-order valence-corrected chi connectivity index (χ1v) is 4.88. The Bertz CT molecular complexity index is 443. The summed E-state index contributed by atoms with van der Waals surface area (Å²) in [6.45, 7) is 4.00. The summed E-state index contributed by atoms with van der Waals surface area (Å²) in [4.78, 5) is 3.97. The van der Waals surface area contributed by atoms with Gasteiger partial charge in [0.2, 0.25) is 0 Å². The van der Waals surface area contributed by atoms with E-state index < -0.39 is 0 Å². The number of rotatable bonds is 1. The fourth-order valence-corrected chi connectivity index (χ4v) is 1.27. The van der Waals surface area contributed by atoms with Crippen LogP contribution in [0.25, 0.3) is 10.8 Å². The first-order chi connectivity index (χ1) is 7.31. The van der Waals surface area contributed by atoms with Gasteiger partial charge in [0.1, 0.15) is 11.6 Å². The Morgan fingerprint density at radius 2 is 1.93 bits per heavy atom. The number of fused-ring (bicyclic) bond motifs is 1. The molecule has 0 aliphatic heterocycles. The second-order valence-electron chi connectivity index (χ2n) is 2.71. The highest BCUT2D eigenvalue weighted by molar-refractivity contribution is 5.87. The molecule has 0 saturated heterocycles. The molecule has 0 radical (unpaired) electrons. The zero-order chi connectivity index (χ0) is 11.3. The topological polar surface area (TPSA) is 22.1 Å². The lowest BCUT2D eigenvalue weighted by atomic mass is 10.1. The van der Waals surface area contributed by atoms with E-state index in [4.69, 9.17) is 4.74 Å². The van der Waals surface area contributed by atoms with E-state index in [-0.39, 0.29) is 5.82 Å². The maximum Gasteiger partial charge on any atom is 0.145 e. The highest BCUT2D eigenvalue weighted by atomic mass is 19.1. The molecule has 0 spiro atoms. The Morgan fingerprint density at radius 1 is 1.20 bits per heavy atom. The normalized spacial score (nSPS) is 9.33. The van der Waals surface area contributed by atoms with Crippen molar-refractivity contribution in [3.63, 3.8) is 0 Å². The lowest BCUT2D eigenvalue weighted by Gasteiger charge is -2.03. The molecule has 2 rings (SSSR count). The third kappa shape index (κ3) is 2.43. The fourth-order valence-electron chi connectivity index (χ4n) is 1.27. The van der Waals surface area contributed by atoms with Gasteiger partial charge in [-0.15, -0.1) is 0 Å². The summed E-state index contributed by atoms with van der Waals surface area (Å²) in [6.07, 6.45) is 3.25. The minimum absolute atomic E-state index is 0.267. The standard InChI is InChI=1S/C10H8FNO.C2H6/c1-13-10-6-12-5-7-2-3-8(11)4-9(7)10;1-2/h2-6H,1H3;1-2H3. The molecule has 0 amide bonds. The van der Waals surface area contributed by atoms with Crippen molar-refractivity contribution in [3.05, 3.63) is 36.4 Å². The molecule has 2 aromatic rings. The first-order valence-electron chi connectivity index (χ1n) is 4.88. The molecule has 0 bridgehead atoms. The number of aromatic nitrogens is 1. The van der Waals surface area contributed by atoms with Crippen molar-refractivity contribution >= 4 is 10.8 Å². The van der Waals surface area contributed by atoms with Gasteiger partial charge in [0.25, 0.3) is 0 Å². The number of pyridine rings is 1.